The third kappa shape index (κ3) is 8.83. The topological polar surface area (TPSA) is 65.3 Å². The number of rotatable bonds is 12. The molecule has 0 bridgehead atoms. The van der Waals surface area contributed by atoms with E-state index >= 15 is 0 Å². The highest BCUT2D eigenvalue weighted by molar-refractivity contribution is 14.0. The van der Waals surface area contributed by atoms with Crippen molar-refractivity contribution in [3.63, 3.8) is 0 Å². The van der Waals surface area contributed by atoms with Gasteiger partial charge < -0.3 is 24.7 Å². The first-order chi connectivity index (χ1) is 15.7. The van der Waals surface area contributed by atoms with Crippen molar-refractivity contribution < 1.29 is 9.15 Å². The molecular formula is C25H40IN5O2. The van der Waals surface area contributed by atoms with Gasteiger partial charge in [-0.3, -0.25) is 9.89 Å². The van der Waals surface area contributed by atoms with Crippen LogP contribution in [0.2, 0.25) is 0 Å². The maximum Gasteiger partial charge on any atom is 0.191 e. The molecule has 2 N–H and O–H groups in total. The Labute approximate surface area is 216 Å². The van der Waals surface area contributed by atoms with Crippen molar-refractivity contribution in [1.82, 2.24) is 20.4 Å². The molecule has 1 aliphatic heterocycles. The van der Waals surface area contributed by atoms with Crippen molar-refractivity contribution in [3.8, 4) is 5.75 Å². The fourth-order valence-corrected chi connectivity index (χ4v) is 4.08. The van der Waals surface area contributed by atoms with Crippen LogP contribution in [0.3, 0.4) is 0 Å². The van der Waals surface area contributed by atoms with Crippen LogP contribution < -0.4 is 15.4 Å². The van der Waals surface area contributed by atoms with E-state index in [1.54, 1.807) is 13.3 Å². The molecule has 1 atom stereocenters. The molecule has 1 unspecified atom stereocenters. The Morgan fingerprint density at radius 3 is 2.45 bits per heavy atom. The molecule has 3 rings (SSSR count). The first-order valence-corrected chi connectivity index (χ1v) is 11.9. The number of likely N-dealkylation sites (tertiary alicyclic amines) is 1. The summed E-state index contributed by atoms with van der Waals surface area (Å²) in [6.07, 6.45) is 4.25. The third-order valence-corrected chi connectivity index (χ3v) is 6.09. The van der Waals surface area contributed by atoms with Gasteiger partial charge >= 0.3 is 0 Å². The largest absolute Gasteiger partial charge is 0.492 e. The summed E-state index contributed by atoms with van der Waals surface area (Å²) in [7, 11) is 1.81. The Balaban J connectivity index is 0.00000385. The summed E-state index contributed by atoms with van der Waals surface area (Å²) in [5.74, 6) is 2.71. The van der Waals surface area contributed by atoms with Gasteiger partial charge in [0.05, 0.1) is 12.3 Å². The minimum Gasteiger partial charge on any atom is -0.492 e. The molecule has 0 spiro atoms. The first-order valence-electron chi connectivity index (χ1n) is 11.9. The maximum atomic E-state index is 5.88. The van der Waals surface area contributed by atoms with Gasteiger partial charge in [0.1, 0.15) is 18.1 Å². The van der Waals surface area contributed by atoms with Crippen LogP contribution in [0.15, 0.2) is 52.1 Å². The predicted octanol–water partition coefficient (Wildman–Crippen LogP) is 4.12. The van der Waals surface area contributed by atoms with Gasteiger partial charge in [-0.15, -0.1) is 24.0 Å². The summed E-state index contributed by atoms with van der Waals surface area (Å²) in [6.45, 7) is 11.8. The van der Waals surface area contributed by atoms with E-state index in [4.69, 9.17) is 9.15 Å². The van der Waals surface area contributed by atoms with E-state index < -0.39 is 0 Å². The summed E-state index contributed by atoms with van der Waals surface area (Å²) in [6, 6.07) is 12.5. The molecule has 33 heavy (non-hydrogen) atoms. The second kappa shape index (κ2) is 15.2. The van der Waals surface area contributed by atoms with Gasteiger partial charge in [-0.25, -0.2) is 0 Å². The highest BCUT2D eigenvalue weighted by Crippen LogP contribution is 2.24. The van der Waals surface area contributed by atoms with Crippen molar-refractivity contribution in [1.29, 1.82) is 0 Å². The van der Waals surface area contributed by atoms with Gasteiger partial charge in [0, 0.05) is 26.7 Å². The Bertz CT molecular complexity index is 788. The van der Waals surface area contributed by atoms with Gasteiger partial charge in [0.15, 0.2) is 5.96 Å². The minimum absolute atomic E-state index is 0. The summed E-state index contributed by atoms with van der Waals surface area (Å²) in [5.41, 5.74) is 1.19. The van der Waals surface area contributed by atoms with E-state index in [2.05, 4.69) is 57.5 Å². The van der Waals surface area contributed by atoms with Gasteiger partial charge in [-0.2, -0.15) is 0 Å². The van der Waals surface area contributed by atoms with E-state index in [9.17, 15) is 0 Å². The van der Waals surface area contributed by atoms with Crippen LogP contribution in [0.5, 0.6) is 5.75 Å². The number of nitrogens with zero attached hydrogens (tertiary/aromatic N) is 3. The van der Waals surface area contributed by atoms with E-state index in [0.29, 0.717) is 13.2 Å². The fraction of sp³-hybridized carbons (Fsp3) is 0.560. The molecule has 1 aromatic heterocycles. The average molecular weight is 570 g/mol. The van der Waals surface area contributed by atoms with Crippen LogP contribution in [-0.4, -0.2) is 68.7 Å². The molecule has 0 amide bonds. The average Bonchev–Trinajstić information content (AvgIpc) is 3.55. The lowest BCUT2D eigenvalue weighted by molar-refractivity contribution is 0.215. The molecule has 1 saturated heterocycles. The van der Waals surface area contributed by atoms with Crippen molar-refractivity contribution in [2.24, 2.45) is 4.99 Å². The van der Waals surface area contributed by atoms with Gasteiger partial charge in [0.2, 0.25) is 0 Å². The van der Waals surface area contributed by atoms with E-state index in [1.165, 1.54) is 18.4 Å². The monoisotopic (exact) mass is 569 g/mol. The molecule has 184 valence electrons. The molecule has 2 aromatic rings. The molecule has 8 heteroatoms. The molecule has 0 saturated carbocycles. The molecule has 0 radical (unpaired) electrons. The maximum absolute atomic E-state index is 5.88. The van der Waals surface area contributed by atoms with Gasteiger partial charge in [-0.1, -0.05) is 26.0 Å². The second-order valence-corrected chi connectivity index (χ2v) is 8.10. The summed E-state index contributed by atoms with van der Waals surface area (Å²) >= 11 is 0. The van der Waals surface area contributed by atoms with Crippen LogP contribution >= 0.6 is 24.0 Å². The number of aliphatic imine (C=N–C) groups is 1. The standard InChI is InChI=1S/C25H39N5O2.HI/c1-4-29(5-2)16-18-31-22-12-10-21(11-13-22)19-27-25(26-3)28-20-23(24-9-8-17-32-24)30-14-6-7-15-30;/h8-13,17,23H,4-7,14-16,18-20H2,1-3H3,(H2,26,27,28);1H. The van der Waals surface area contributed by atoms with Crippen LogP contribution in [0.1, 0.15) is 44.1 Å². The van der Waals surface area contributed by atoms with E-state index in [0.717, 1.165) is 56.7 Å². The lowest BCUT2D eigenvalue weighted by Gasteiger charge is -2.26. The smallest absolute Gasteiger partial charge is 0.191 e. The molecule has 1 fully saturated rings. The van der Waals surface area contributed by atoms with Crippen molar-refractivity contribution >= 4 is 29.9 Å². The predicted molar refractivity (Wildman–Crippen MR) is 146 cm³/mol. The molecule has 2 heterocycles. The second-order valence-electron chi connectivity index (χ2n) is 8.10. The van der Waals surface area contributed by atoms with E-state index in [-0.39, 0.29) is 30.0 Å². The Morgan fingerprint density at radius 1 is 1.12 bits per heavy atom. The SMILES string of the molecule is CCN(CC)CCOc1ccc(CNC(=NC)NCC(c2ccco2)N2CCCC2)cc1.I. The summed E-state index contributed by atoms with van der Waals surface area (Å²) in [5, 5.41) is 6.89. The van der Waals surface area contributed by atoms with Crippen molar-refractivity contribution in [2.45, 2.75) is 39.3 Å². The number of guanidine groups is 1. The lowest BCUT2D eigenvalue weighted by atomic mass is 10.2. The number of ether oxygens (including phenoxy) is 1. The number of halogens is 1. The van der Waals surface area contributed by atoms with Crippen LogP contribution in [0.25, 0.3) is 0 Å². The fourth-order valence-electron chi connectivity index (χ4n) is 4.08. The number of likely N-dealkylation sites (N-methyl/N-ethyl adjacent to an activating group) is 1. The quantitative estimate of drug-likeness (QED) is 0.228. The van der Waals surface area contributed by atoms with E-state index in [1.807, 2.05) is 18.2 Å². The zero-order valence-electron chi connectivity index (χ0n) is 20.3. The molecule has 0 aliphatic carbocycles. The Kier molecular flexibility index (Phi) is 12.6. The zero-order valence-corrected chi connectivity index (χ0v) is 22.6. The normalized spacial score (nSPS) is 15.3. The highest BCUT2D eigenvalue weighted by atomic mass is 127. The van der Waals surface area contributed by atoms with Gasteiger partial charge in [-0.05, 0) is 68.8 Å². The molecule has 1 aromatic carbocycles. The number of furan rings is 1. The zero-order chi connectivity index (χ0) is 22.6. The van der Waals surface area contributed by atoms with Crippen molar-refractivity contribution in [3.05, 3.63) is 54.0 Å². The molecule has 1 aliphatic rings. The summed E-state index contributed by atoms with van der Waals surface area (Å²) < 4.78 is 11.6. The Hall–Kier alpha value is -1.78. The van der Waals surface area contributed by atoms with Crippen LogP contribution in [-0.2, 0) is 6.54 Å². The molecular weight excluding hydrogens is 529 g/mol. The summed E-state index contributed by atoms with van der Waals surface area (Å²) in [4.78, 5) is 9.23. The molecule has 7 nitrogen and oxygen atoms in total. The lowest BCUT2D eigenvalue weighted by Crippen LogP contribution is -2.42. The Morgan fingerprint density at radius 2 is 1.85 bits per heavy atom. The minimum atomic E-state index is 0. The third-order valence-electron chi connectivity index (χ3n) is 6.09. The van der Waals surface area contributed by atoms with Gasteiger partial charge in [0.25, 0.3) is 0 Å². The van der Waals surface area contributed by atoms with Crippen LogP contribution in [0.4, 0.5) is 0 Å². The highest BCUT2D eigenvalue weighted by Gasteiger charge is 2.25. The van der Waals surface area contributed by atoms with Crippen LogP contribution in [0, 0.1) is 0 Å². The first kappa shape index (κ1) is 27.5. The number of benzene rings is 1. The number of hydrogen-bond donors (Lipinski definition) is 2. The number of nitrogens with one attached hydrogen (secondary N) is 2. The number of hydrogen-bond acceptors (Lipinski definition) is 5. The van der Waals surface area contributed by atoms with Crippen molar-refractivity contribution in [2.75, 3.05) is 52.9 Å².